The Kier molecular flexibility index (Phi) is 6.36. The average Bonchev–Trinajstić information content (AvgIpc) is 3.03. The van der Waals surface area contributed by atoms with Gasteiger partial charge in [0.2, 0.25) is 5.91 Å². The molecule has 1 heterocycles. The van der Waals surface area contributed by atoms with Gasteiger partial charge in [-0.1, -0.05) is 53.7 Å². The molecule has 0 bridgehead atoms. The average molecular weight is 403 g/mol. The van der Waals surface area contributed by atoms with Gasteiger partial charge in [0, 0.05) is 7.05 Å². The van der Waals surface area contributed by atoms with Crippen LogP contribution in [-0.2, 0) is 11.8 Å². The van der Waals surface area contributed by atoms with Gasteiger partial charge in [0.1, 0.15) is 5.75 Å². The van der Waals surface area contributed by atoms with Crippen LogP contribution in [0, 0.1) is 0 Å². The molecule has 1 N–H and O–H groups in total. The zero-order valence-corrected chi connectivity index (χ0v) is 16.5. The normalized spacial score (nSPS) is 11.8. The molecule has 0 aliphatic carbocycles. The zero-order valence-electron chi connectivity index (χ0n) is 14.9. The molecule has 0 radical (unpaired) electrons. The fraction of sp³-hybridized carbons (Fsp3) is 0.211. The number of halogens is 1. The van der Waals surface area contributed by atoms with E-state index in [1.807, 2.05) is 61.0 Å². The van der Waals surface area contributed by atoms with Crippen LogP contribution in [0.4, 0.5) is 5.69 Å². The van der Waals surface area contributed by atoms with Gasteiger partial charge in [0.15, 0.2) is 17.1 Å². The highest BCUT2D eigenvalue weighted by Gasteiger charge is 2.18. The van der Waals surface area contributed by atoms with Crippen molar-refractivity contribution in [2.75, 3.05) is 11.1 Å². The second kappa shape index (κ2) is 8.92. The third kappa shape index (κ3) is 5.02. The van der Waals surface area contributed by atoms with E-state index in [1.54, 1.807) is 12.1 Å². The summed E-state index contributed by atoms with van der Waals surface area (Å²) in [6.45, 7) is 1.91. The van der Waals surface area contributed by atoms with Crippen LogP contribution in [0.5, 0.6) is 5.75 Å². The number of benzene rings is 2. The maximum absolute atomic E-state index is 12.2. The minimum Gasteiger partial charge on any atom is -0.483 e. The maximum atomic E-state index is 12.2. The number of carbonyl (C=O) groups excluding carboxylic acids is 1. The fourth-order valence-corrected chi connectivity index (χ4v) is 3.34. The third-order valence-corrected chi connectivity index (χ3v) is 5.12. The monoisotopic (exact) mass is 402 g/mol. The van der Waals surface area contributed by atoms with Crippen molar-refractivity contribution in [2.45, 2.75) is 18.2 Å². The number of nitrogens with zero attached hydrogens (tertiary/aromatic N) is 3. The van der Waals surface area contributed by atoms with Gasteiger partial charge in [-0.2, -0.15) is 0 Å². The number of rotatable bonds is 7. The molecule has 27 heavy (non-hydrogen) atoms. The number of nitrogens with one attached hydrogen (secondary N) is 1. The van der Waals surface area contributed by atoms with Crippen LogP contribution >= 0.6 is 23.4 Å². The summed E-state index contributed by atoms with van der Waals surface area (Å²) < 4.78 is 7.72. The lowest BCUT2D eigenvalue weighted by Crippen LogP contribution is -2.15. The molecule has 3 rings (SSSR count). The Morgan fingerprint density at radius 3 is 2.63 bits per heavy atom. The zero-order chi connectivity index (χ0) is 19.2. The number of anilines is 1. The predicted octanol–water partition coefficient (Wildman–Crippen LogP) is 4.34. The SMILES string of the molecule is CC(Oc1ccccc1)c1nnc(SCC(=O)Nc2ccccc2Cl)n1C. The van der Waals surface area contributed by atoms with E-state index in [2.05, 4.69) is 15.5 Å². The molecule has 1 atom stereocenters. The molecule has 1 unspecified atom stereocenters. The van der Waals surface area contributed by atoms with Gasteiger partial charge in [-0.15, -0.1) is 10.2 Å². The van der Waals surface area contributed by atoms with Crippen LogP contribution in [0.1, 0.15) is 18.9 Å². The number of hydrogen-bond donors (Lipinski definition) is 1. The molecule has 0 saturated heterocycles. The highest BCUT2D eigenvalue weighted by Crippen LogP contribution is 2.24. The van der Waals surface area contributed by atoms with Crippen LogP contribution < -0.4 is 10.1 Å². The lowest BCUT2D eigenvalue weighted by molar-refractivity contribution is -0.113. The first kappa shape index (κ1) is 19.3. The van der Waals surface area contributed by atoms with Crippen LogP contribution in [0.15, 0.2) is 59.8 Å². The van der Waals surface area contributed by atoms with Crippen molar-refractivity contribution in [1.29, 1.82) is 0 Å². The Morgan fingerprint density at radius 2 is 1.89 bits per heavy atom. The number of carbonyl (C=O) groups is 1. The van der Waals surface area contributed by atoms with Gasteiger partial charge in [-0.3, -0.25) is 4.79 Å². The molecule has 8 heteroatoms. The van der Waals surface area contributed by atoms with E-state index in [0.717, 1.165) is 5.75 Å². The van der Waals surface area contributed by atoms with Crippen molar-refractivity contribution in [3.05, 3.63) is 65.4 Å². The Bertz CT molecular complexity index is 917. The first-order valence-corrected chi connectivity index (χ1v) is 9.69. The van der Waals surface area contributed by atoms with Crippen molar-refractivity contribution in [1.82, 2.24) is 14.8 Å². The van der Waals surface area contributed by atoms with E-state index >= 15 is 0 Å². The van der Waals surface area contributed by atoms with Gasteiger partial charge >= 0.3 is 0 Å². The number of thioether (sulfide) groups is 1. The molecule has 0 saturated carbocycles. The minimum atomic E-state index is -0.267. The van der Waals surface area contributed by atoms with Gasteiger partial charge in [0.05, 0.1) is 16.5 Å². The summed E-state index contributed by atoms with van der Waals surface area (Å²) >= 11 is 7.36. The molecular formula is C19H19ClN4O2S. The summed E-state index contributed by atoms with van der Waals surface area (Å²) in [5, 5.41) is 12.3. The molecule has 6 nitrogen and oxygen atoms in total. The van der Waals surface area contributed by atoms with Crippen molar-refractivity contribution in [3.63, 3.8) is 0 Å². The van der Waals surface area contributed by atoms with Gasteiger partial charge < -0.3 is 14.6 Å². The highest BCUT2D eigenvalue weighted by molar-refractivity contribution is 7.99. The smallest absolute Gasteiger partial charge is 0.234 e. The maximum Gasteiger partial charge on any atom is 0.234 e. The first-order chi connectivity index (χ1) is 13.0. The summed E-state index contributed by atoms with van der Waals surface area (Å²) in [5.74, 6) is 1.49. The molecule has 0 aliphatic rings. The lowest BCUT2D eigenvalue weighted by Gasteiger charge is -2.14. The lowest BCUT2D eigenvalue weighted by atomic mass is 10.3. The van der Waals surface area contributed by atoms with Gasteiger partial charge in [-0.05, 0) is 31.2 Å². The second-order valence-corrected chi connectivity index (χ2v) is 7.14. The topological polar surface area (TPSA) is 69.0 Å². The Labute approximate surface area is 166 Å². The summed E-state index contributed by atoms with van der Waals surface area (Å²) in [4.78, 5) is 12.2. The highest BCUT2D eigenvalue weighted by atomic mass is 35.5. The van der Waals surface area contributed by atoms with Crippen LogP contribution in [-0.4, -0.2) is 26.4 Å². The largest absolute Gasteiger partial charge is 0.483 e. The van der Waals surface area contributed by atoms with E-state index in [9.17, 15) is 4.79 Å². The number of hydrogen-bond acceptors (Lipinski definition) is 5. The van der Waals surface area contributed by atoms with Gasteiger partial charge in [-0.25, -0.2) is 0 Å². The molecule has 1 amide bonds. The second-order valence-electron chi connectivity index (χ2n) is 5.79. The van der Waals surface area contributed by atoms with E-state index < -0.39 is 0 Å². The van der Waals surface area contributed by atoms with Crippen LogP contribution in [0.3, 0.4) is 0 Å². The Morgan fingerprint density at radius 1 is 1.19 bits per heavy atom. The number of ether oxygens (including phenoxy) is 1. The quantitative estimate of drug-likeness (QED) is 0.595. The van der Waals surface area contributed by atoms with E-state index in [-0.39, 0.29) is 17.8 Å². The predicted molar refractivity (Wildman–Crippen MR) is 107 cm³/mol. The molecule has 0 aliphatic heterocycles. The van der Waals surface area contributed by atoms with E-state index in [1.165, 1.54) is 11.8 Å². The molecule has 1 aromatic heterocycles. The molecule has 0 fully saturated rings. The molecule has 3 aromatic rings. The summed E-state index contributed by atoms with van der Waals surface area (Å²) in [6.07, 6.45) is -0.267. The van der Waals surface area contributed by atoms with Crippen molar-refractivity contribution in [3.8, 4) is 5.75 Å². The fourth-order valence-electron chi connectivity index (χ4n) is 2.44. The third-order valence-electron chi connectivity index (χ3n) is 3.77. The van der Waals surface area contributed by atoms with E-state index in [4.69, 9.17) is 16.3 Å². The summed E-state index contributed by atoms with van der Waals surface area (Å²) in [7, 11) is 1.86. The van der Waals surface area contributed by atoms with E-state index in [0.29, 0.717) is 21.7 Å². The number of para-hydroxylation sites is 2. The number of amides is 1. The standard InChI is InChI=1S/C19H19ClN4O2S/c1-13(26-14-8-4-3-5-9-14)18-22-23-19(24(18)2)27-12-17(25)21-16-11-7-6-10-15(16)20/h3-11,13H,12H2,1-2H3,(H,21,25). The van der Waals surface area contributed by atoms with Crippen molar-refractivity contribution >= 4 is 35.0 Å². The molecule has 140 valence electrons. The Balaban J connectivity index is 1.58. The Hall–Kier alpha value is -2.51. The van der Waals surface area contributed by atoms with Crippen LogP contribution in [0.2, 0.25) is 5.02 Å². The van der Waals surface area contributed by atoms with Gasteiger partial charge in [0.25, 0.3) is 0 Å². The molecular weight excluding hydrogens is 384 g/mol. The van der Waals surface area contributed by atoms with Crippen molar-refractivity contribution < 1.29 is 9.53 Å². The van der Waals surface area contributed by atoms with Crippen LogP contribution in [0.25, 0.3) is 0 Å². The minimum absolute atomic E-state index is 0.161. The summed E-state index contributed by atoms with van der Waals surface area (Å²) in [5.41, 5.74) is 0.591. The van der Waals surface area contributed by atoms with Crippen molar-refractivity contribution in [2.24, 2.45) is 7.05 Å². The first-order valence-electron chi connectivity index (χ1n) is 8.32. The number of aromatic nitrogens is 3. The molecule has 0 spiro atoms. The summed E-state index contributed by atoms with van der Waals surface area (Å²) in [6, 6.07) is 16.7. The molecule has 2 aromatic carbocycles.